The van der Waals surface area contributed by atoms with E-state index in [0.717, 1.165) is 25.2 Å². The quantitative estimate of drug-likeness (QED) is 0.438. The zero-order valence-corrected chi connectivity index (χ0v) is 21.0. The molecule has 2 fully saturated rings. The molecule has 0 spiro atoms. The standard InChI is InChI=1S/C15H19NO4.C13H19NO2/c1-15(2)12(14(19)20)11(13(17)18)9-16(15)8-10-6-4-3-5-7-10;15-9-12-7-14(8-13(12)10-16)6-11-4-2-1-3-5-11/h3-7,11-12H,8-9H2,1-2H3,(H,17,18)(H,19,20);1-5,12-13,15-16H,6-10H2/t11-,12+;12-,13+/m1./s1. The predicted molar refractivity (Wildman–Crippen MR) is 136 cm³/mol. The number of nitrogens with zero attached hydrogens (tertiary/aromatic N) is 2. The third kappa shape index (κ3) is 6.70. The number of aliphatic hydroxyl groups excluding tert-OH is 2. The van der Waals surface area contributed by atoms with Crippen LogP contribution in [0.4, 0.5) is 0 Å². The number of benzene rings is 2. The molecule has 0 saturated carbocycles. The van der Waals surface area contributed by atoms with Crippen molar-refractivity contribution < 1.29 is 30.0 Å². The van der Waals surface area contributed by atoms with Gasteiger partial charge in [-0.25, -0.2) is 0 Å². The van der Waals surface area contributed by atoms with E-state index < -0.39 is 29.3 Å². The molecule has 4 N–H and O–H groups in total. The molecular weight excluding hydrogens is 460 g/mol. The fourth-order valence-corrected chi connectivity index (χ4v) is 5.45. The lowest BCUT2D eigenvalue weighted by Gasteiger charge is -2.34. The van der Waals surface area contributed by atoms with Gasteiger partial charge in [0.15, 0.2) is 0 Å². The number of hydrogen-bond acceptors (Lipinski definition) is 6. The summed E-state index contributed by atoms with van der Waals surface area (Å²) >= 11 is 0. The largest absolute Gasteiger partial charge is 0.481 e. The van der Waals surface area contributed by atoms with Gasteiger partial charge in [0.1, 0.15) is 0 Å². The van der Waals surface area contributed by atoms with Gasteiger partial charge < -0.3 is 20.4 Å². The highest BCUT2D eigenvalue weighted by molar-refractivity contribution is 5.82. The highest BCUT2D eigenvalue weighted by atomic mass is 16.4. The molecule has 2 aromatic rings. The molecule has 2 saturated heterocycles. The van der Waals surface area contributed by atoms with E-state index in [1.165, 1.54) is 5.56 Å². The summed E-state index contributed by atoms with van der Waals surface area (Å²) in [5.41, 5.74) is 1.65. The Morgan fingerprint density at radius 3 is 1.64 bits per heavy atom. The van der Waals surface area contributed by atoms with Crippen molar-refractivity contribution in [3.8, 4) is 0 Å². The Labute approximate surface area is 212 Å². The van der Waals surface area contributed by atoms with Gasteiger partial charge in [-0.1, -0.05) is 60.7 Å². The van der Waals surface area contributed by atoms with Crippen LogP contribution < -0.4 is 0 Å². The first-order chi connectivity index (χ1) is 17.2. The number of rotatable bonds is 8. The molecule has 36 heavy (non-hydrogen) atoms. The molecule has 0 amide bonds. The number of hydrogen-bond donors (Lipinski definition) is 4. The molecular formula is C28H38N2O6. The average molecular weight is 499 g/mol. The summed E-state index contributed by atoms with van der Waals surface area (Å²) < 4.78 is 0. The van der Waals surface area contributed by atoms with Crippen molar-refractivity contribution in [2.45, 2.75) is 32.5 Å². The van der Waals surface area contributed by atoms with Gasteiger partial charge in [0.2, 0.25) is 0 Å². The van der Waals surface area contributed by atoms with Gasteiger partial charge in [0, 0.05) is 63.3 Å². The monoisotopic (exact) mass is 498 g/mol. The first-order valence-corrected chi connectivity index (χ1v) is 12.4. The van der Waals surface area contributed by atoms with Gasteiger partial charge in [0.25, 0.3) is 0 Å². The van der Waals surface area contributed by atoms with Gasteiger partial charge in [-0.15, -0.1) is 0 Å². The fourth-order valence-electron chi connectivity index (χ4n) is 5.45. The number of carbonyl (C=O) groups is 2. The molecule has 2 aliphatic heterocycles. The minimum Gasteiger partial charge on any atom is -0.481 e. The molecule has 2 heterocycles. The van der Waals surface area contributed by atoms with Crippen LogP contribution in [0.2, 0.25) is 0 Å². The molecule has 0 unspecified atom stereocenters. The molecule has 4 atom stereocenters. The minimum atomic E-state index is -1.04. The first kappa shape index (κ1) is 27.8. The summed E-state index contributed by atoms with van der Waals surface area (Å²) in [7, 11) is 0. The third-order valence-corrected chi connectivity index (χ3v) is 7.57. The maximum Gasteiger partial charge on any atom is 0.309 e. The highest BCUT2D eigenvalue weighted by Crippen LogP contribution is 2.40. The summed E-state index contributed by atoms with van der Waals surface area (Å²) in [6.45, 7) is 7.46. The van der Waals surface area contributed by atoms with Crippen molar-refractivity contribution in [1.29, 1.82) is 0 Å². The van der Waals surface area contributed by atoms with Crippen LogP contribution in [0.3, 0.4) is 0 Å². The van der Waals surface area contributed by atoms with Crippen LogP contribution in [0.25, 0.3) is 0 Å². The Morgan fingerprint density at radius 1 is 0.778 bits per heavy atom. The first-order valence-electron chi connectivity index (χ1n) is 12.4. The lowest BCUT2D eigenvalue weighted by Crippen LogP contribution is -2.45. The maximum atomic E-state index is 11.4. The van der Waals surface area contributed by atoms with Crippen LogP contribution in [-0.2, 0) is 22.7 Å². The lowest BCUT2D eigenvalue weighted by atomic mass is 9.82. The summed E-state index contributed by atoms with van der Waals surface area (Å²) in [6, 6.07) is 20.0. The zero-order chi connectivity index (χ0) is 26.3. The van der Waals surface area contributed by atoms with E-state index in [0.29, 0.717) is 6.54 Å². The molecule has 196 valence electrons. The van der Waals surface area contributed by atoms with E-state index in [2.05, 4.69) is 17.0 Å². The highest BCUT2D eigenvalue weighted by Gasteiger charge is 2.54. The fraction of sp³-hybridized carbons (Fsp3) is 0.500. The molecule has 8 heteroatoms. The SMILES string of the molecule is CC1(C)[C@H](C(=O)O)[C@H](C(=O)O)CN1Cc1ccccc1.OC[C@@H]1CN(Cc2ccccc2)C[C@@H]1CO. The smallest absolute Gasteiger partial charge is 0.309 e. The van der Waals surface area contributed by atoms with Gasteiger partial charge in [-0.3, -0.25) is 19.4 Å². The normalized spacial score (nSPS) is 25.8. The molecule has 8 nitrogen and oxygen atoms in total. The van der Waals surface area contributed by atoms with E-state index >= 15 is 0 Å². The van der Waals surface area contributed by atoms with Crippen LogP contribution in [-0.4, -0.2) is 80.6 Å². The van der Waals surface area contributed by atoms with Gasteiger partial charge in [0.05, 0.1) is 11.8 Å². The molecule has 4 rings (SSSR count). The van der Waals surface area contributed by atoms with Crippen LogP contribution in [0, 0.1) is 23.7 Å². The van der Waals surface area contributed by atoms with Crippen molar-refractivity contribution in [3.63, 3.8) is 0 Å². The summed E-state index contributed by atoms with van der Waals surface area (Å²) in [5.74, 6) is -3.39. The van der Waals surface area contributed by atoms with Crippen LogP contribution in [0.5, 0.6) is 0 Å². The van der Waals surface area contributed by atoms with Crippen molar-refractivity contribution in [1.82, 2.24) is 9.80 Å². The van der Waals surface area contributed by atoms with E-state index in [9.17, 15) is 30.0 Å². The Bertz CT molecular complexity index is 972. The molecule has 0 bridgehead atoms. The van der Waals surface area contributed by atoms with Crippen molar-refractivity contribution in [3.05, 3.63) is 71.8 Å². The van der Waals surface area contributed by atoms with Crippen molar-refractivity contribution >= 4 is 11.9 Å². The predicted octanol–water partition coefficient (Wildman–Crippen LogP) is 2.40. The number of carboxylic acids is 2. The summed E-state index contributed by atoms with van der Waals surface area (Å²) in [4.78, 5) is 27.0. The Hall–Kier alpha value is -2.78. The van der Waals surface area contributed by atoms with E-state index in [-0.39, 0.29) is 31.6 Å². The van der Waals surface area contributed by atoms with E-state index in [1.807, 2.05) is 53.4 Å². The number of likely N-dealkylation sites (tertiary alicyclic amines) is 2. The molecule has 0 radical (unpaired) electrons. The van der Waals surface area contributed by atoms with Gasteiger partial charge >= 0.3 is 11.9 Å². The summed E-state index contributed by atoms with van der Waals surface area (Å²) in [5, 5.41) is 37.0. The Kier molecular flexibility index (Phi) is 9.62. The van der Waals surface area contributed by atoms with Crippen molar-refractivity contribution in [2.75, 3.05) is 32.8 Å². The van der Waals surface area contributed by atoms with Crippen molar-refractivity contribution in [2.24, 2.45) is 23.7 Å². The average Bonchev–Trinajstić information content (AvgIpc) is 3.38. The second-order valence-electron chi connectivity index (χ2n) is 10.3. The molecule has 2 aromatic carbocycles. The Balaban J connectivity index is 0.000000205. The van der Waals surface area contributed by atoms with Crippen LogP contribution in [0.1, 0.15) is 25.0 Å². The topological polar surface area (TPSA) is 122 Å². The molecule has 0 aromatic heterocycles. The third-order valence-electron chi connectivity index (χ3n) is 7.57. The maximum absolute atomic E-state index is 11.4. The Morgan fingerprint density at radius 2 is 1.25 bits per heavy atom. The minimum absolute atomic E-state index is 0.177. The van der Waals surface area contributed by atoms with Crippen LogP contribution >= 0.6 is 0 Å². The molecule has 0 aliphatic carbocycles. The van der Waals surface area contributed by atoms with Gasteiger partial charge in [-0.2, -0.15) is 0 Å². The lowest BCUT2D eigenvalue weighted by molar-refractivity contribution is -0.153. The molecule has 2 aliphatic rings. The van der Waals surface area contributed by atoms with E-state index in [1.54, 1.807) is 13.8 Å². The van der Waals surface area contributed by atoms with Gasteiger partial charge in [-0.05, 0) is 25.0 Å². The second-order valence-corrected chi connectivity index (χ2v) is 10.3. The number of aliphatic hydroxyl groups is 2. The second kappa shape index (κ2) is 12.5. The number of aliphatic carboxylic acids is 2. The van der Waals surface area contributed by atoms with E-state index in [4.69, 9.17) is 0 Å². The van der Waals surface area contributed by atoms with Crippen LogP contribution in [0.15, 0.2) is 60.7 Å². The summed E-state index contributed by atoms with van der Waals surface area (Å²) in [6.07, 6.45) is 0. The number of carboxylic acid groups (broad SMARTS) is 2. The zero-order valence-electron chi connectivity index (χ0n) is 21.0.